The maximum Gasteiger partial charge on any atom is 0.172 e. The van der Waals surface area contributed by atoms with Crippen molar-refractivity contribution < 1.29 is 5.21 Å². The molecule has 0 saturated carbocycles. The van der Waals surface area contributed by atoms with E-state index >= 15 is 0 Å². The average molecular weight is 343 g/mol. The van der Waals surface area contributed by atoms with Crippen LogP contribution in [-0.4, -0.2) is 49.2 Å². The predicted octanol–water partition coefficient (Wildman–Crippen LogP) is 2.32. The van der Waals surface area contributed by atoms with Crippen molar-refractivity contribution in [2.75, 3.05) is 32.1 Å². The Kier molecular flexibility index (Phi) is 6.29. The van der Waals surface area contributed by atoms with Gasteiger partial charge in [-0.2, -0.15) is 0 Å². The summed E-state index contributed by atoms with van der Waals surface area (Å²) in [7, 11) is 4.10. The maximum atomic E-state index is 8.96. The fourth-order valence-corrected chi connectivity index (χ4v) is 2.73. The Hall–Kier alpha value is -1.27. The highest BCUT2D eigenvalue weighted by atomic mass is 79.9. The first kappa shape index (κ1) is 16.8. The van der Waals surface area contributed by atoms with Crippen molar-refractivity contribution in [1.82, 2.24) is 4.90 Å². The number of oxime groups is 1. The summed E-state index contributed by atoms with van der Waals surface area (Å²) in [5.74, 6) is 0.122. The van der Waals surface area contributed by atoms with Crippen molar-refractivity contribution in [1.29, 1.82) is 0 Å². The maximum absolute atomic E-state index is 8.96. The van der Waals surface area contributed by atoms with Crippen molar-refractivity contribution in [3.05, 3.63) is 28.2 Å². The van der Waals surface area contributed by atoms with Crippen LogP contribution in [0.3, 0.4) is 0 Å². The molecule has 1 aromatic carbocycles. The molecular weight excluding hydrogens is 320 g/mol. The number of rotatable bonds is 6. The van der Waals surface area contributed by atoms with E-state index in [4.69, 9.17) is 10.9 Å². The van der Waals surface area contributed by atoms with E-state index in [0.717, 1.165) is 28.8 Å². The van der Waals surface area contributed by atoms with Crippen LogP contribution < -0.4 is 10.6 Å². The van der Waals surface area contributed by atoms with Crippen molar-refractivity contribution in [2.45, 2.75) is 19.9 Å². The highest BCUT2D eigenvalue weighted by Gasteiger charge is 2.18. The molecule has 5 nitrogen and oxygen atoms in total. The largest absolute Gasteiger partial charge is 0.409 e. The Labute approximate surface area is 129 Å². The van der Waals surface area contributed by atoms with Crippen LogP contribution in [0.25, 0.3) is 0 Å². The molecule has 20 heavy (non-hydrogen) atoms. The Bertz CT molecular complexity index is 476. The number of likely N-dealkylation sites (N-methyl/N-ethyl adjacent to an activating group) is 2. The molecule has 0 aliphatic carbocycles. The van der Waals surface area contributed by atoms with Gasteiger partial charge in [-0.15, -0.1) is 0 Å². The van der Waals surface area contributed by atoms with Gasteiger partial charge in [0, 0.05) is 34.9 Å². The van der Waals surface area contributed by atoms with E-state index < -0.39 is 0 Å². The zero-order valence-electron chi connectivity index (χ0n) is 12.5. The quantitative estimate of drug-likeness (QED) is 0.360. The van der Waals surface area contributed by atoms with E-state index in [1.807, 2.05) is 18.2 Å². The van der Waals surface area contributed by atoms with Gasteiger partial charge in [0.2, 0.25) is 0 Å². The van der Waals surface area contributed by atoms with Crippen molar-refractivity contribution >= 4 is 27.5 Å². The van der Waals surface area contributed by atoms with Crippen LogP contribution >= 0.6 is 15.9 Å². The summed E-state index contributed by atoms with van der Waals surface area (Å²) in [4.78, 5) is 4.40. The van der Waals surface area contributed by atoms with Gasteiger partial charge in [0.15, 0.2) is 5.84 Å². The van der Waals surface area contributed by atoms with E-state index in [2.05, 4.69) is 58.8 Å². The van der Waals surface area contributed by atoms with E-state index in [1.54, 1.807) is 0 Å². The van der Waals surface area contributed by atoms with E-state index in [9.17, 15) is 0 Å². The minimum absolute atomic E-state index is 0.122. The molecule has 1 aromatic rings. The highest BCUT2D eigenvalue weighted by Crippen LogP contribution is 2.26. The van der Waals surface area contributed by atoms with Crippen molar-refractivity contribution in [3.63, 3.8) is 0 Å². The molecule has 1 rings (SSSR count). The van der Waals surface area contributed by atoms with Gasteiger partial charge >= 0.3 is 0 Å². The monoisotopic (exact) mass is 342 g/mol. The van der Waals surface area contributed by atoms with Gasteiger partial charge in [0.1, 0.15) is 0 Å². The van der Waals surface area contributed by atoms with Crippen LogP contribution in [0.4, 0.5) is 5.69 Å². The van der Waals surface area contributed by atoms with E-state index in [0.29, 0.717) is 6.04 Å². The van der Waals surface area contributed by atoms with Crippen molar-refractivity contribution in [3.8, 4) is 0 Å². The third kappa shape index (κ3) is 4.11. The molecule has 0 spiro atoms. The summed E-state index contributed by atoms with van der Waals surface area (Å²) < 4.78 is 0.902. The second-order valence-corrected chi connectivity index (χ2v) is 5.96. The van der Waals surface area contributed by atoms with Gasteiger partial charge in [0.05, 0.1) is 0 Å². The molecule has 3 N–H and O–H groups in total. The smallest absolute Gasteiger partial charge is 0.172 e. The topological polar surface area (TPSA) is 65.1 Å². The van der Waals surface area contributed by atoms with Crippen LogP contribution in [0, 0.1) is 0 Å². The number of amidine groups is 1. The summed E-state index contributed by atoms with van der Waals surface area (Å²) in [6.45, 7) is 6.05. The zero-order chi connectivity index (χ0) is 15.3. The first-order valence-electron chi connectivity index (χ1n) is 6.59. The number of benzene rings is 1. The zero-order valence-corrected chi connectivity index (χ0v) is 14.1. The lowest BCUT2D eigenvalue weighted by Gasteiger charge is -2.33. The molecule has 0 aliphatic rings. The lowest BCUT2D eigenvalue weighted by Crippen LogP contribution is -2.41. The molecule has 1 unspecified atom stereocenters. The minimum Gasteiger partial charge on any atom is -0.409 e. The number of nitrogens with zero attached hydrogens (tertiary/aromatic N) is 3. The number of nitrogens with two attached hydrogens (primary N) is 1. The standard InChI is InChI=1S/C14H23BrN4O/c1-5-19(10(2)9-18(3)4)13-7-6-11(15)8-12(13)14(16)17-20/h6-8,10,20H,5,9H2,1-4H3,(H2,16,17). The summed E-state index contributed by atoms with van der Waals surface area (Å²) in [6.07, 6.45) is 0. The van der Waals surface area contributed by atoms with Gasteiger partial charge in [-0.05, 0) is 46.1 Å². The summed E-state index contributed by atoms with van der Waals surface area (Å²) in [5, 5.41) is 12.1. The van der Waals surface area contributed by atoms with Crippen LogP contribution in [0.2, 0.25) is 0 Å². The summed E-state index contributed by atoms with van der Waals surface area (Å²) in [5.41, 5.74) is 7.50. The van der Waals surface area contributed by atoms with Gasteiger partial charge in [0.25, 0.3) is 0 Å². The summed E-state index contributed by atoms with van der Waals surface area (Å²) in [6, 6.07) is 6.15. The number of anilines is 1. The Balaban J connectivity index is 3.21. The fourth-order valence-electron chi connectivity index (χ4n) is 2.36. The van der Waals surface area contributed by atoms with Gasteiger partial charge in [-0.3, -0.25) is 0 Å². The Morgan fingerprint density at radius 3 is 2.60 bits per heavy atom. The first-order chi connectivity index (χ1) is 9.40. The van der Waals surface area contributed by atoms with Crippen LogP contribution in [0.1, 0.15) is 19.4 Å². The lowest BCUT2D eigenvalue weighted by molar-refractivity contribution is 0.318. The van der Waals surface area contributed by atoms with Crippen LogP contribution in [-0.2, 0) is 0 Å². The average Bonchev–Trinajstić information content (AvgIpc) is 2.39. The molecule has 6 heteroatoms. The lowest BCUT2D eigenvalue weighted by atomic mass is 10.1. The Morgan fingerprint density at radius 2 is 2.10 bits per heavy atom. The summed E-state index contributed by atoms with van der Waals surface area (Å²) >= 11 is 3.42. The molecule has 0 aliphatic heterocycles. The molecule has 0 heterocycles. The molecule has 0 amide bonds. The number of halogens is 1. The highest BCUT2D eigenvalue weighted by molar-refractivity contribution is 9.10. The third-order valence-corrected chi connectivity index (χ3v) is 3.65. The number of hydrogen-bond donors (Lipinski definition) is 2. The van der Waals surface area contributed by atoms with Gasteiger partial charge < -0.3 is 20.7 Å². The molecule has 0 fully saturated rings. The molecule has 0 aromatic heterocycles. The molecule has 0 saturated heterocycles. The first-order valence-corrected chi connectivity index (χ1v) is 7.38. The Morgan fingerprint density at radius 1 is 1.45 bits per heavy atom. The van der Waals surface area contributed by atoms with E-state index in [-0.39, 0.29) is 5.84 Å². The van der Waals surface area contributed by atoms with Crippen LogP contribution in [0.15, 0.2) is 27.8 Å². The van der Waals surface area contributed by atoms with E-state index in [1.165, 1.54) is 0 Å². The molecule has 0 radical (unpaired) electrons. The van der Waals surface area contributed by atoms with Gasteiger partial charge in [-0.1, -0.05) is 21.1 Å². The molecule has 1 atom stereocenters. The predicted molar refractivity (Wildman–Crippen MR) is 87.7 cm³/mol. The number of hydrogen-bond acceptors (Lipinski definition) is 4. The molecule has 0 bridgehead atoms. The van der Waals surface area contributed by atoms with Gasteiger partial charge in [-0.25, -0.2) is 0 Å². The second kappa shape index (κ2) is 7.50. The SMILES string of the molecule is CCN(c1ccc(Br)cc1/C(N)=N/O)C(C)CN(C)C. The molecular formula is C14H23BrN4O. The third-order valence-electron chi connectivity index (χ3n) is 3.15. The second-order valence-electron chi connectivity index (χ2n) is 5.04. The fraction of sp³-hybridized carbons (Fsp3) is 0.500. The van der Waals surface area contributed by atoms with Crippen LogP contribution in [0.5, 0.6) is 0 Å². The normalized spacial score (nSPS) is 13.6. The minimum atomic E-state index is 0.122. The molecule has 112 valence electrons. The van der Waals surface area contributed by atoms with Crippen molar-refractivity contribution in [2.24, 2.45) is 10.9 Å².